The smallest absolute Gasteiger partial charge is 0.303 e. The van der Waals surface area contributed by atoms with Crippen LogP contribution in [-0.2, 0) is 16.1 Å². The average molecular weight is 407 g/mol. The lowest BCUT2D eigenvalue weighted by atomic mass is 10.0. The molecule has 30 heavy (non-hydrogen) atoms. The number of carbonyl (C=O) groups excluding carboxylic acids is 1. The normalized spacial score (nSPS) is 18.6. The van der Waals surface area contributed by atoms with Crippen molar-refractivity contribution in [3.8, 4) is 11.3 Å². The number of aliphatic hydroxyl groups excluding tert-OH is 1. The SMILES string of the molecule is O=C(O)C[C@@H]1CN(C(=O)Cn2nc(-c3ccccc3)c3ccccc3c2=O)C[C@H]1O. The number of fused-ring (bicyclic) bond motifs is 1. The molecule has 0 aliphatic carbocycles. The molecule has 0 unspecified atom stereocenters. The molecule has 8 nitrogen and oxygen atoms in total. The number of likely N-dealkylation sites (tertiary alicyclic amines) is 1. The largest absolute Gasteiger partial charge is 0.481 e. The first-order valence-electron chi connectivity index (χ1n) is 9.67. The van der Waals surface area contributed by atoms with Gasteiger partial charge in [-0.05, 0) is 6.07 Å². The molecule has 4 rings (SSSR count). The lowest BCUT2D eigenvalue weighted by Gasteiger charge is -2.17. The van der Waals surface area contributed by atoms with E-state index in [9.17, 15) is 19.5 Å². The van der Waals surface area contributed by atoms with E-state index in [1.165, 1.54) is 4.90 Å². The van der Waals surface area contributed by atoms with E-state index in [0.717, 1.165) is 10.2 Å². The first-order chi connectivity index (χ1) is 14.4. The van der Waals surface area contributed by atoms with Gasteiger partial charge in [0.05, 0.1) is 23.6 Å². The number of amides is 1. The van der Waals surface area contributed by atoms with Crippen LogP contribution in [0.3, 0.4) is 0 Å². The predicted octanol–water partition coefficient (Wildman–Crippen LogP) is 1.36. The summed E-state index contributed by atoms with van der Waals surface area (Å²) in [6, 6.07) is 16.5. The van der Waals surface area contributed by atoms with Crippen LogP contribution in [0.2, 0.25) is 0 Å². The maximum atomic E-state index is 12.9. The number of carboxylic acids is 1. The monoisotopic (exact) mass is 407 g/mol. The second kappa shape index (κ2) is 8.08. The van der Waals surface area contributed by atoms with Crippen LogP contribution in [-0.4, -0.2) is 56.0 Å². The topological polar surface area (TPSA) is 113 Å². The van der Waals surface area contributed by atoms with Gasteiger partial charge in [-0.2, -0.15) is 5.10 Å². The third-order valence-corrected chi connectivity index (χ3v) is 5.40. The fourth-order valence-electron chi connectivity index (χ4n) is 3.86. The van der Waals surface area contributed by atoms with E-state index < -0.39 is 18.0 Å². The van der Waals surface area contributed by atoms with E-state index in [2.05, 4.69) is 5.10 Å². The summed E-state index contributed by atoms with van der Waals surface area (Å²) in [6.07, 6.45) is -1.11. The fourth-order valence-corrected chi connectivity index (χ4v) is 3.86. The Bertz CT molecular complexity index is 1160. The zero-order valence-electron chi connectivity index (χ0n) is 16.1. The van der Waals surface area contributed by atoms with Gasteiger partial charge in [0, 0.05) is 30.0 Å². The zero-order chi connectivity index (χ0) is 21.3. The number of benzene rings is 2. The molecule has 0 spiro atoms. The van der Waals surface area contributed by atoms with E-state index in [-0.39, 0.29) is 37.5 Å². The number of hydrogen-bond acceptors (Lipinski definition) is 5. The van der Waals surface area contributed by atoms with Gasteiger partial charge in [-0.15, -0.1) is 0 Å². The van der Waals surface area contributed by atoms with Crippen molar-refractivity contribution in [2.24, 2.45) is 5.92 Å². The van der Waals surface area contributed by atoms with Gasteiger partial charge >= 0.3 is 5.97 Å². The van der Waals surface area contributed by atoms with Crippen LogP contribution >= 0.6 is 0 Å². The number of aromatic nitrogens is 2. The molecule has 0 radical (unpaired) electrons. The lowest BCUT2D eigenvalue weighted by Crippen LogP contribution is -2.36. The summed E-state index contributed by atoms with van der Waals surface area (Å²) in [5.41, 5.74) is 1.05. The van der Waals surface area contributed by atoms with Crippen LogP contribution in [0.5, 0.6) is 0 Å². The number of aliphatic carboxylic acids is 1. The Hall–Kier alpha value is -3.52. The summed E-state index contributed by atoms with van der Waals surface area (Å²) in [5, 5.41) is 24.7. The van der Waals surface area contributed by atoms with Crippen LogP contribution in [0.4, 0.5) is 0 Å². The Morgan fingerprint density at radius 2 is 1.67 bits per heavy atom. The highest BCUT2D eigenvalue weighted by molar-refractivity contribution is 5.93. The Morgan fingerprint density at radius 1 is 1.00 bits per heavy atom. The maximum absolute atomic E-state index is 12.9. The number of carbonyl (C=O) groups is 2. The molecular weight excluding hydrogens is 386 g/mol. The molecular formula is C22H21N3O5. The highest BCUT2D eigenvalue weighted by Crippen LogP contribution is 2.25. The predicted molar refractivity (Wildman–Crippen MR) is 110 cm³/mol. The summed E-state index contributed by atoms with van der Waals surface area (Å²) in [4.78, 5) is 38.1. The number of β-amino-alcohol motifs (C(OH)–C–C–N with tert-alkyl or cyclic N) is 1. The van der Waals surface area contributed by atoms with Crippen molar-refractivity contribution in [2.75, 3.05) is 13.1 Å². The minimum absolute atomic E-state index is 0.0463. The van der Waals surface area contributed by atoms with Crippen LogP contribution in [0.25, 0.3) is 22.0 Å². The van der Waals surface area contributed by atoms with Gasteiger partial charge in [-0.25, -0.2) is 4.68 Å². The first kappa shape index (κ1) is 19.8. The van der Waals surface area contributed by atoms with Crippen molar-refractivity contribution in [3.63, 3.8) is 0 Å². The third-order valence-electron chi connectivity index (χ3n) is 5.40. The molecule has 1 fully saturated rings. The van der Waals surface area contributed by atoms with E-state index in [1.807, 2.05) is 42.5 Å². The molecule has 1 aliphatic heterocycles. The highest BCUT2D eigenvalue weighted by Gasteiger charge is 2.35. The van der Waals surface area contributed by atoms with Gasteiger partial charge in [0.15, 0.2) is 0 Å². The van der Waals surface area contributed by atoms with Crippen LogP contribution in [0, 0.1) is 5.92 Å². The molecule has 0 saturated carbocycles. The second-order valence-electron chi connectivity index (χ2n) is 7.45. The van der Waals surface area contributed by atoms with Crippen LogP contribution in [0.15, 0.2) is 59.4 Å². The van der Waals surface area contributed by atoms with E-state index in [0.29, 0.717) is 16.5 Å². The Kier molecular flexibility index (Phi) is 5.33. The van der Waals surface area contributed by atoms with Crippen molar-refractivity contribution >= 4 is 22.6 Å². The minimum Gasteiger partial charge on any atom is -0.481 e. The number of rotatable bonds is 5. The van der Waals surface area contributed by atoms with Crippen molar-refractivity contribution in [1.82, 2.24) is 14.7 Å². The highest BCUT2D eigenvalue weighted by atomic mass is 16.4. The molecule has 8 heteroatoms. The fraction of sp³-hybridized carbons (Fsp3) is 0.273. The van der Waals surface area contributed by atoms with Gasteiger partial charge in [-0.1, -0.05) is 48.5 Å². The summed E-state index contributed by atoms with van der Waals surface area (Å²) in [7, 11) is 0. The van der Waals surface area contributed by atoms with Gasteiger partial charge < -0.3 is 15.1 Å². The number of aliphatic hydroxyl groups is 1. The summed E-state index contributed by atoms with van der Waals surface area (Å²) < 4.78 is 1.14. The Morgan fingerprint density at radius 3 is 2.37 bits per heavy atom. The molecule has 2 heterocycles. The van der Waals surface area contributed by atoms with Crippen molar-refractivity contribution in [2.45, 2.75) is 19.1 Å². The van der Waals surface area contributed by atoms with E-state index in [1.54, 1.807) is 12.1 Å². The molecule has 1 saturated heterocycles. The van der Waals surface area contributed by atoms with Gasteiger partial charge in [0.2, 0.25) is 5.91 Å². The zero-order valence-corrected chi connectivity index (χ0v) is 16.1. The lowest BCUT2D eigenvalue weighted by molar-refractivity contribution is -0.139. The molecule has 2 aromatic carbocycles. The Balaban J connectivity index is 1.67. The van der Waals surface area contributed by atoms with Crippen molar-refractivity contribution in [3.05, 3.63) is 65.0 Å². The third kappa shape index (κ3) is 3.81. The average Bonchev–Trinajstić information content (AvgIpc) is 3.10. The molecule has 1 aliphatic rings. The number of hydrogen-bond donors (Lipinski definition) is 2. The van der Waals surface area contributed by atoms with Gasteiger partial charge in [-0.3, -0.25) is 14.4 Å². The summed E-state index contributed by atoms with van der Waals surface area (Å²) in [6.45, 7) is -0.0964. The molecule has 0 bridgehead atoms. The van der Waals surface area contributed by atoms with Gasteiger partial charge in [0.1, 0.15) is 6.54 Å². The summed E-state index contributed by atoms with van der Waals surface area (Å²) in [5.74, 6) is -1.92. The van der Waals surface area contributed by atoms with E-state index >= 15 is 0 Å². The number of nitrogens with zero attached hydrogens (tertiary/aromatic N) is 3. The first-order valence-corrected chi connectivity index (χ1v) is 9.67. The molecule has 2 atom stereocenters. The van der Waals surface area contributed by atoms with E-state index in [4.69, 9.17) is 5.11 Å². The maximum Gasteiger partial charge on any atom is 0.303 e. The molecule has 1 amide bonds. The molecule has 154 valence electrons. The molecule has 3 aromatic rings. The van der Waals surface area contributed by atoms with Crippen LogP contribution < -0.4 is 5.56 Å². The van der Waals surface area contributed by atoms with Crippen molar-refractivity contribution in [1.29, 1.82) is 0 Å². The Labute approximate surface area is 172 Å². The molecule has 1 aromatic heterocycles. The molecule has 2 N–H and O–H groups in total. The van der Waals surface area contributed by atoms with Gasteiger partial charge in [0.25, 0.3) is 5.56 Å². The van der Waals surface area contributed by atoms with Crippen LogP contribution in [0.1, 0.15) is 6.42 Å². The minimum atomic E-state index is -1.02. The standard InChI is InChI=1S/C22H21N3O5/c26-18-12-24(11-15(18)10-20(28)29)19(27)13-25-22(30)17-9-5-4-8-16(17)21(23-25)14-6-2-1-3-7-14/h1-9,15,18,26H,10-13H2,(H,28,29)/t15-,18-/m1/s1. The second-order valence-corrected chi connectivity index (χ2v) is 7.45. The quantitative estimate of drug-likeness (QED) is 0.660. The number of carboxylic acid groups (broad SMARTS) is 1. The summed E-state index contributed by atoms with van der Waals surface area (Å²) >= 11 is 0. The van der Waals surface area contributed by atoms with Crippen molar-refractivity contribution < 1.29 is 19.8 Å².